The molecule has 0 aromatic heterocycles. The van der Waals surface area contributed by atoms with Gasteiger partial charge in [0.25, 0.3) is 0 Å². The van der Waals surface area contributed by atoms with E-state index in [1.54, 1.807) is 6.07 Å². The molecule has 18 heavy (non-hydrogen) atoms. The van der Waals surface area contributed by atoms with Gasteiger partial charge in [-0.25, -0.2) is 0 Å². The Bertz CT molecular complexity index is 483. The molecular formula is C14H15ClN2O. The van der Waals surface area contributed by atoms with Crippen molar-refractivity contribution in [2.24, 2.45) is 11.8 Å². The number of hydrogen-bond donors (Lipinski definition) is 0. The maximum absolute atomic E-state index is 8.88. The van der Waals surface area contributed by atoms with Gasteiger partial charge in [-0.2, -0.15) is 5.26 Å². The third kappa shape index (κ3) is 2.07. The lowest BCUT2D eigenvalue weighted by molar-refractivity contribution is 0.0373. The zero-order valence-electron chi connectivity index (χ0n) is 10.1. The number of halogens is 1. The Labute approximate surface area is 112 Å². The van der Waals surface area contributed by atoms with E-state index >= 15 is 0 Å². The fourth-order valence-electron chi connectivity index (χ4n) is 2.93. The van der Waals surface area contributed by atoms with Gasteiger partial charge in [0.2, 0.25) is 0 Å². The maximum atomic E-state index is 8.88. The predicted octanol–water partition coefficient (Wildman–Crippen LogP) is 2.68. The summed E-state index contributed by atoms with van der Waals surface area (Å²) in [5.74, 6) is 1.39. The maximum Gasteiger partial charge on any atom is 0.101 e. The molecule has 2 heterocycles. The van der Waals surface area contributed by atoms with Gasteiger partial charge in [-0.05, 0) is 30.5 Å². The van der Waals surface area contributed by atoms with Crippen LogP contribution in [0.2, 0.25) is 5.02 Å². The molecule has 2 aliphatic rings. The molecule has 0 N–H and O–H groups in total. The number of nitriles is 1. The summed E-state index contributed by atoms with van der Waals surface area (Å²) >= 11 is 6.09. The highest BCUT2D eigenvalue weighted by molar-refractivity contribution is 6.32. The number of anilines is 1. The highest BCUT2D eigenvalue weighted by Gasteiger charge is 2.35. The van der Waals surface area contributed by atoms with Gasteiger partial charge in [-0.15, -0.1) is 0 Å². The normalized spacial score (nSPS) is 26.8. The Morgan fingerprint density at radius 2 is 2.17 bits per heavy atom. The third-order valence-corrected chi connectivity index (χ3v) is 4.29. The molecule has 4 heteroatoms. The van der Waals surface area contributed by atoms with E-state index in [1.165, 1.54) is 0 Å². The monoisotopic (exact) mass is 262 g/mol. The van der Waals surface area contributed by atoms with Crippen LogP contribution < -0.4 is 4.90 Å². The van der Waals surface area contributed by atoms with Gasteiger partial charge >= 0.3 is 0 Å². The molecule has 94 valence electrons. The van der Waals surface area contributed by atoms with Crippen LogP contribution in [0, 0.1) is 23.2 Å². The first-order valence-electron chi connectivity index (χ1n) is 6.30. The third-order valence-electron chi connectivity index (χ3n) is 3.98. The minimum Gasteiger partial charge on any atom is -0.381 e. The Morgan fingerprint density at radius 1 is 1.33 bits per heavy atom. The SMILES string of the molecule is N#Cc1ccc(N2CC3CCOCC3C2)cc1Cl. The zero-order chi connectivity index (χ0) is 12.5. The van der Waals surface area contributed by atoms with Crippen molar-refractivity contribution in [3.63, 3.8) is 0 Å². The average Bonchev–Trinajstić information content (AvgIpc) is 2.82. The second kappa shape index (κ2) is 4.79. The first kappa shape index (κ1) is 11.8. The van der Waals surface area contributed by atoms with Crippen molar-refractivity contribution in [2.45, 2.75) is 6.42 Å². The van der Waals surface area contributed by atoms with Crippen LogP contribution in [0.4, 0.5) is 5.69 Å². The van der Waals surface area contributed by atoms with E-state index < -0.39 is 0 Å². The lowest BCUT2D eigenvalue weighted by Crippen LogP contribution is -2.25. The van der Waals surface area contributed by atoms with Crippen molar-refractivity contribution in [1.29, 1.82) is 5.26 Å². The standard InChI is InChI=1S/C14H15ClN2O/c15-14-5-13(2-1-10(14)6-16)17-7-11-3-4-18-9-12(11)8-17/h1-2,5,11-12H,3-4,7-9H2. The molecule has 0 bridgehead atoms. The summed E-state index contributed by atoms with van der Waals surface area (Å²) < 4.78 is 5.53. The first-order valence-corrected chi connectivity index (χ1v) is 6.68. The molecule has 2 atom stereocenters. The molecule has 2 unspecified atom stereocenters. The minimum absolute atomic E-state index is 0.542. The summed E-state index contributed by atoms with van der Waals surface area (Å²) in [5.41, 5.74) is 1.66. The van der Waals surface area contributed by atoms with Crippen molar-refractivity contribution in [2.75, 3.05) is 31.2 Å². The van der Waals surface area contributed by atoms with Crippen LogP contribution in [0.25, 0.3) is 0 Å². The molecular weight excluding hydrogens is 248 g/mol. The van der Waals surface area contributed by atoms with E-state index in [4.69, 9.17) is 21.6 Å². The van der Waals surface area contributed by atoms with Gasteiger partial charge in [-0.3, -0.25) is 0 Å². The van der Waals surface area contributed by atoms with Crippen LogP contribution in [0.5, 0.6) is 0 Å². The van der Waals surface area contributed by atoms with Crippen LogP contribution in [-0.2, 0) is 4.74 Å². The Hall–Kier alpha value is -1.24. The molecule has 3 rings (SSSR count). The fourth-order valence-corrected chi connectivity index (χ4v) is 3.14. The Kier molecular flexibility index (Phi) is 3.15. The van der Waals surface area contributed by atoms with Crippen LogP contribution in [-0.4, -0.2) is 26.3 Å². The highest BCUT2D eigenvalue weighted by atomic mass is 35.5. The summed E-state index contributed by atoms with van der Waals surface area (Å²) in [6.07, 6.45) is 1.16. The number of nitrogens with zero attached hydrogens (tertiary/aromatic N) is 2. The van der Waals surface area contributed by atoms with E-state index in [9.17, 15) is 0 Å². The predicted molar refractivity (Wildman–Crippen MR) is 70.8 cm³/mol. The molecule has 0 aliphatic carbocycles. The number of hydrogen-bond acceptors (Lipinski definition) is 3. The number of ether oxygens (including phenoxy) is 1. The molecule has 2 fully saturated rings. The van der Waals surface area contributed by atoms with E-state index in [0.29, 0.717) is 16.5 Å². The van der Waals surface area contributed by atoms with Crippen molar-refractivity contribution in [1.82, 2.24) is 0 Å². The van der Waals surface area contributed by atoms with Gasteiger partial charge in [-0.1, -0.05) is 11.6 Å². The molecule has 0 saturated carbocycles. The van der Waals surface area contributed by atoms with Crippen LogP contribution in [0.1, 0.15) is 12.0 Å². The van der Waals surface area contributed by atoms with Crippen molar-refractivity contribution in [3.8, 4) is 6.07 Å². The summed E-state index contributed by atoms with van der Waals surface area (Å²) in [7, 11) is 0. The number of rotatable bonds is 1. The summed E-state index contributed by atoms with van der Waals surface area (Å²) in [4.78, 5) is 2.36. The topological polar surface area (TPSA) is 36.3 Å². The fraction of sp³-hybridized carbons (Fsp3) is 0.500. The second-order valence-corrected chi connectivity index (χ2v) is 5.47. The summed E-state index contributed by atoms with van der Waals surface area (Å²) in [5, 5.41) is 9.42. The molecule has 1 aromatic rings. The Balaban J connectivity index is 1.80. The summed E-state index contributed by atoms with van der Waals surface area (Å²) in [6, 6.07) is 7.78. The number of fused-ring (bicyclic) bond motifs is 1. The van der Waals surface area contributed by atoms with Gasteiger partial charge < -0.3 is 9.64 Å². The molecule has 2 saturated heterocycles. The Morgan fingerprint density at radius 3 is 2.89 bits per heavy atom. The lowest BCUT2D eigenvalue weighted by atomic mass is 9.92. The van der Waals surface area contributed by atoms with E-state index in [0.717, 1.165) is 44.3 Å². The van der Waals surface area contributed by atoms with E-state index in [1.807, 2.05) is 12.1 Å². The van der Waals surface area contributed by atoms with Crippen LogP contribution in [0.3, 0.4) is 0 Å². The minimum atomic E-state index is 0.542. The van der Waals surface area contributed by atoms with Gasteiger partial charge in [0.05, 0.1) is 17.2 Å². The van der Waals surface area contributed by atoms with Crippen molar-refractivity contribution < 1.29 is 4.74 Å². The molecule has 0 amide bonds. The van der Waals surface area contributed by atoms with Crippen LogP contribution in [0.15, 0.2) is 18.2 Å². The van der Waals surface area contributed by atoms with Crippen molar-refractivity contribution in [3.05, 3.63) is 28.8 Å². The molecule has 0 radical (unpaired) electrons. The quantitative estimate of drug-likeness (QED) is 0.781. The largest absolute Gasteiger partial charge is 0.381 e. The first-order chi connectivity index (χ1) is 8.78. The van der Waals surface area contributed by atoms with Gasteiger partial charge in [0.15, 0.2) is 0 Å². The molecule has 2 aliphatic heterocycles. The summed E-state index contributed by atoms with van der Waals surface area (Å²) in [6.45, 7) is 3.89. The van der Waals surface area contributed by atoms with Gasteiger partial charge in [0.1, 0.15) is 6.07 Å². The smallest absolute Gasteiger partial charge is 0.101 e. The molecule has 1 aromatic carbocycles. The van der Waals surface area contributed by atoms with E-state index in [-0.39, 0.29) is 0 Å². The van der Waals surface area contributed by atoms with Gasteiger partial charge in [0, 0.05) is 31.3 Å². The average molecular weight is 263 g/mol. The second-order valence-electron chi connectivity index (χ2n) is 5.06. The van der Waals surface area contributed by atoms with Crippen molar-refractivity contribution >= 4 is 17.3 Å². The van der Waals surface area contributed by atoms with E-state index in [2.05, 4.69) is 11.0 Å². The highest BCUT2D eigenvalue weighted by Crippen LogP contribution is 2.34. The zero-order valence-corrected chi connectivity index (χ0v) is 10.9. The molecule has 3 nitrogen and oxygen atoms in total. The lowest BCUT2D eigenvalue weighted by Gasteiger charge is -2.23. The molecule has 0 spiro atoms. The van der Waals surface area contributed by atoms with Crippen LogP contribution >= 0.6 is 11.6 Å². The number of benzene rings is 1.